The van der Waals surface area contributed by atoms with Gasteiger partial charge in [0.1, 0.15) is 17.1 Å². The van der Waals surface area contributed by atoms with Gasteiger partial charge in [0, 0.05) is 0 Å². The van der Waals surface area contributed by atoms with Crippen molar-refractivity contribution in [2.45, 2.75) is 77.0 Å². The summed E-state index contributed by atoms with van der Waals surface area (Å²) in [5.74, 6) is 0.411. The maximum atomic E-state index is 12.1. The second-order valence-corrected chi connectivity index (χ2v) is 7.00. The second-order valence-electron chi connectivity index (χ2n) is 7.00. The average Bonchev–Trinajstić information content (AvgIpc) is 2.73. The first-order chi connectivity index (χ1) is 13.7. The third-order valence-corrected chi connectivity index (χ3v) is 4.74. The summed E-state index contributed by atoms with van der Waals surface area (Å²) in [6.07, 6.45) is 14.8. The number of carbonyl (C=O) groups is 1. The topological polar surface area (TPSA) is 54.0 Å². The molecule has 1 aromatic rings. The van der Waals surface area contributed by atoms with E-state index in [-0.39, 0.29) is 5.56 Å². The molecule has 0 saturated carbocycles. The standard InChI is InChI=1S/C23H37O5/c1-4-5-6-7-8-9-10-11-12-13-14-15-18-27-28-23(24)21-19-20(25-2)16-17-22(21)26-3/h16-17,19H,1,4-15,18H2,2-3H3. The Bertz CT molecular complexity index is 530. The Kier molecular flexibility index (Phi) is 14.1. The predicted molar refractivity (Wildman–Crippen MR) is 112 cm³/mol. The van der Waals surface area contributed by atoms with Crippen LogP contribution in [-0.4, -0.2) is 26.8 Å². The molecule has 5 nitrogen and oxygen atoms in total. The highest BCUT2D eigenvalue weighted by Crippen LogP contribution is 2.24. The Morgan fingerprint density at radius 1 is 0.821 bits per heavy atom. The minimum atomic E-state index is -0.578. The number of carbonyl (C=O) groups excluding carboxylic acids is 1. The van der Waals surface area contributed by atoms with E-state index in [2.05, 4.69) is 6.92 Å². The van der Waals surface area contributed by atoms with E-state index in [4.69, 9.17) is 19.2 Å². The minimum Gasteiger partial charge on any atom is -0.497 e. The lowest BCUT2D eigenvalue weighted by Gasteiger charge is -2.09. The molecule has 0 heterocycles. The molecule has 0 fully saturated rings. The molecule has 0 amide bonds. The molecule has 1 radical (unpaired) electrons. The zero-order valence-electron chi connectivity index (χ0n) is 17.7. The van der Waals surface area contributed by atoms with Crippen LogP contribution < -0.4 is 9.47 Å². The molecule has 0 aliphatic carbocycles. The van der Waals surface area contributed by atoms with Crippen molar-refractivity contribution in [1.29, 1.82) is 0 Å². The van der Waals surface area contributed by atoms with Crippen LogP contribution in [0, 0.1) is 6.92 Å². The quantitative estimate of drug-likeness (QED) is 0.176. The molecule has 1 aromatic carbocycles. The Morgan fingerprint density at radius 3 is 1.93 bits per heavy atom. The van der Waals surface area contributed by atoms with Crippen LogP contribution in [0.5, 0.6) is 11.5 Å². The molecule has 0 aromatic heterocycles. The summed E-state index contributed by atoms with van der Waals surface area (Å²) in [4.78, 5) is 22.1. The molecule has 0 saturated heterocycles. The Labute approximate surface area is 170 Å². The van der Waals surface area contributed by atoms with Crippen LogP contribution in [0.1, 0.15) is 87.4 Å². The van der Waals surface area contributed by atoms with Crippen molar-refractivity contribution in [3.05, 3.63) is 30.7 Å². The maximum absolute atomic E-state index is 12.1. The molecule has 0 aliphatic rings. The number of benzene rings is 1. The summed E-state index contributed by atoms with van der Waals surface area (Å²) in [5.41, 5.74) is 0.285. The number of rotatable bonds is 17. The van der Waals surface area contributed by atoms with Gasteiger partial charge in [0.25, 0.3) is 0 Å². The molecule has 0 atom stereocenters. The van der Waals surface area contributed by atoms with Gasteiger partial charge in [-0.3, -0.25) is 4.89 Å². The molecule has 0 unspecified atom stereocenters. The SMILES string of the molecule is [CH2]CCCCCCCCCCCCCOOC(=O)c1cc(OC)ccc1OC. The molecule has 1 rings (SSSR count). The molecule has 0 spiro atoms. The van der Waals surface area contributed by atoms with E-state index in [1.807, 2.05) is 0 Å². The zero-order chi connectivity index (χ0) is 20.5. The maximum Gasteiger partial charge on any atom is 0.376 e. The van der Waals surface area contributed by atoms with Gasteiger partial charge in [-0.1, -0.05) is 77.6 Å². The van der Waals surface area contributed by atoms with Crippen molar-refractivity contribution in [2.24, 2.45) is 0 Å². The van der Waals surface area contributed by atoms with E-state index >= 15 is 0 Å². The minimum absolute atomic E-state index is 0.285. The largest absolute Gasteiger partial charge is 0.497 e. The van der Waals surface area contributed by atoms with Crippen LogP contribution in [0.4, 0.5) is 0 Å². The van der Waals surface area contributed by atoms with E-state index in [0.29, 0.717) is 18.1 Å². The number of unbranched alkanes of at least 4 members (excludes halogenated alkanes) is 11. The first-order valence-electron chi connectivity index (χ1n) is 10.6. The van der Waals surface area contributed by atoms with Gasteiger partial charge in [-0.05, 0) is 24.6 Å². The van der Waals surface area contributed by atoms with Gasteiger partial charge in [0.15, 0.2) is 0 Å². The van der Waals surface area contributed by atoms with Gasteiger partial charge in [-0.15, -0.1) is 0 Å². The first kappa shape index (κ1) is 24.3. The smallest absolute Gasteiger partial charge is 0.376 e. The highest BCUT2D eigenvalue weighted by Gasteiger charge is 2.16. The van der Waals surface area contributed by atoms with Gasteiger partial charge in [-0.25, -0.2) is 4.79 Å². The summed E-state index contributed by atoms with van der Waals surface area (Å²) in [6.45, 7) is 4.28. The van der Waals surface area contributed by atoms with Crippen LogP contribution in [0.25, 0.3) is 0 Å². The summed E-state index contributed by atoms with van der Waals surface area (Å²) in [7, 11) is 3.04. The van der Waals surface area contributed by atoms with Crippen LogP contribution >= 0.6 is 0 Å². The van der Waals surface area contributed by atoms with Gasteiger partial charge in [-0.2, -0.15) is 4.89 Å². The lowest BCUT2D eigenvalue weighted by atomic mass is 10.1. The van der Waals surface area contributed by atoms with Crippen LogP contribution in [0.3, 0.4) is 0 Å². The Morgan fingerprint density at radius 2 is 1.39 bits per heavy atom. The van der Waals surface area contributed by atoms with Crippen LogP contribution in [0.15, 0.2) is 18.2 Å². The summed E-state index contributed by atoms with van der Waals surface area (Å²) in [6, 6.07) is 4.96. The zero-order valence-corrected chi connectivity index (χ0v) is 17.7. The highest BCUT2D eigenvalue weighted by atomic mass is 17.2. The highest BCUT2D eigenvalue weighted by molar-refractivity contribution is 5.92. The normalized spacial score (nSPS) is 10.7. The fourth-order valence-corrected chi connectivity index (χ4v) is 3.04. The summed E-state index contributed by atoms with van der Waals surface area (Å²) in [5, 5.41) is 0. The molecule has 28 heavy (non-hydrogen) atoms. The third kappa shape index (κ3) is 10.5. The monoisotopic (exact) mass is 393 g/mol. The molecule has 159 valence electrons. The average molecular weight is 394 g/mol. The molecular formula is C23H37O5. The Balaban J connectivity index is 2.02. The second kappa shape index (κ2) is 16.2. The summed E-state index contributed by atoms with van der Waals surface area (Å²) >= 11 is 0. The number of methoxy groups -OCH3 is 2. The van der Waals surface area contributed by atoms with Crippen LogP contribution in [-0.2, 0) is 9.78 Å². The van der Waals surface area contributed by atoms with Crippen molar-refractivity contribution in [3.8, 4) is 11.5 Å². The molecule has 5 heteroatoms. The molecule has 0 N–H and O–H groups in total. The third-order valence-electron chi connectivity index (χ3n) is 4.74. The number of ether oxygens (including phenoxy) is 2. The van der Waals surface area contributed by atoms with Crippen molar-refractivity contribution in [1.82, 2.24) is 0 Å². The van der Waals surface area contributed by atoms with E-state index in [1.54, 1.807) is 25.3 Å². The van der Waals surface area contributed by atoms with Gasteiger partial charge in [0.05, 0.1) is 20.8 Å². The van der Waals surface area contributed by atoms with Crippen molar-refractivity contribution < 1.29 is 24.0 Å². The predicted octanol–water partition coefficient (Wildman–Crippen LogP) is 6.31. The van der Waals surface area contributed by atoms with E-state index in [1.165, 1.54) is 64.9 Å². The molecule has 0 bridgehead atoms. The van der Waals surface area contributed by atoms with E-state index < -0.39 is 5.97 Å². The van der Waals surface area contributed by atoms with Crippen molar-refractivity contribution in [3.63, 3.8) is 0 Å². The first-order valence-corrected chi connectivity index (χ1v) is 10.6. The fourth-order valence-electron chi connectivity index (χ4n) is 3.04. The summed E-state index contributed by atoms with van der Waals surface area (Å²) < 4.78 is 10.3. The van der Waals surface area contributed by atoms with Gasteiger partial charge >= 0.3 is 5.97 Å². The lowest BCUT2D eigenvalue weighted by Crippen LogP contribution is -2.09. The molecule has 0 aliphatic heterocycles. The molecular weight excluding hydrogens is 356 g/mol. The van der Waals surface area contributed by atoms with Crippen molar-refractivity contribution in [2.75, 3.05) is 20.8 Å². The number of hydrogen-bond acceptors (Lipinski definition) is 5. The Hall–Kier alpha value is -1.75. The van der Waals surface area contributed by atoms with Gasteiger partial charge in [0.2, 0.25) is 0 Å². The van der Waals surface area contributed by atoms with Crippen molar-refractivity contribution >= 4 is 5.97 Å². The lowest BCUT2D eigenvalue weighted by molar-refractivity contribution is -0.241. The fraction of sp³-hybridized carbons (Fsp3) is 0.652. The van der Waals surface area contributed by atoms with E-state index in [9.17, 15) is 4.79 Å². The van der Waals surface area contributed by atoms with E-state index in [0.717, 1.165) is 19.3 Å². The number of hydrogen-bond donors (Lipinski definition) is 0. The van der Waals surface area contributed by atoms with Gasteiger partial charge < -0.3 is 9.47 Å². The van der Waals surface area contributed by atoms with Crippen LogP contribution in [0.2, 0.25) is 0 Å².